The second kappa shape index (κ2) is 8.91. The van der Waals surface area contributed by atoms with Gasteiger partial charge in [0.25, 0.3) is 0 Å². The normalized spacial score (nSPS) is 11.8. The lowest BCUT2D eigenvalue weighted by molar-refractivity contribution is -0.140. The van der Waals surface area contributed by atoms with Crippen molar-refractivity contribution in [3.8, 4) is 0 Å². The van der Waals surface area contributed by atoms with E-state index in [2.05, 4.69) is 14.8 Å². The van der Waals surface area contributed by atoms with Gasteiger partial charge >= 0.3 is 5.97 Å². The lowest BCUT2D eigenvalue weighted by Crippen LogP contribution is -2.16. The van der Waals surface area contributed by atoms with Crippen LogP contribution in [0, 0.1) is 0 Å². The highest BCUT2D eigenvalue weighted by Gasteiger charge is 2.03. The minimum absolute atomic E-state index is 0.0216. The fraction of sp³-hybridized carbons (Fsp3) is 0.385. The molecule has 0 radical (unpaired) electrons. The van der Waals surface area contributed by atoms with Crippen LogP contribution in [-0.4, -0.2) is 35.6 Å². The molecule has 0 aliphatic heterocycles. The van der Waals surface area contributed by atoms with Gasteiger partial charge in [0.15, 0.2) is 0 Å². The van der Waals surface area contributed by atoms with Crippen molar-refractivity contribution in [2.75, 3.05) is 13.7 Å². The Morgan fingerprint density at radius 1 is 1.62 bits per heavy atom. The molecule has 114 valence electrons. The third kappa shape index (κ3) is 5.39. The molecule has 0 atom stereocenters. The first-order valence-corrected chi connectivity index (χ1v) is 6.79. The van der Waals surface area contributed by atoms with E-state index < -0.39 is 0 Å². The first-order chi connectivity index (χ1) is 10.1. The third-order valence-corrected chi connectivity index (χ3v) is 2.81. The molecular weight excluding hydrogens is 296 g/mol. The van der Waals surface area contributed by atoms with Crippen molar-refractivity contribution in [1.82, 2.24) is 9.78 Å². The summed E-state index contributed by atoms with van der Waals surface area (Å²) in [6.45, 7) is 0.453. The van der Waals surface area contributed by atoms with Gasteiger partial charge in [-0.2, -0.15) is 5.10 Å². The van der Waals surface area contributed by atoms with Gasteiger partial charge in [-0.3, -0.25) is 14.6 Å². The van der Waals surface area contributed by atoms with Gasteiger partial charge in [-0.1, -0.05) is 0 Å². The predicted molar refractivity (Wildman–Crippen MR) is 81.1 cm³/mol. The lowest BCUT2D eigenvalue weighted by Gasteiger charge is -2.06. The molecule has 0 unspecified atom stereocenters. The number of rotatable bonds is 7. The number of carbonyl (C=O) groups is 1. The Kier molecular flexibility index (Phi) is 7.17. The molecule has 0 aromatic carbocycles. The molecule has 7 nitrogen and oxygen atoms in total. The molecule has 0 saturated heterocycles. The van der Waals surface area contributed by atoms with Gasteiger partial charge in [-0.05, 0) is 6.42 Å². The lowest BCUT2D eigenvalue weighted by atomic mass is 10.3. The number of nitrogens with zero attached hydrogens (tertiary/aromatic N) is 3. The number of aliphatic imine (C=N–C) groups is 1. The Hall–Kier alpha value is -2.15. The number of methoxy groups -OCH3 is 1. The van der Waals surface area contributed by atoms with Crippen molar-refractivity contribution in [3.05, 3.63) is 34.4 Å². The molecule has 1 rings (SSSR count). The molecule has 21 heavy (non-hydrogen) atoms. The van der Waals surface area contributed by atoms with Crippen LogP contribution in [0.4, 0.5) is 0 Å². The van der Waals surface area contributed by atoms with Crippen molar-refractivity contribution in [1.29, 1.82) is 0 Å². The highest BCUT2D eigenvalue weighted by Crippen LogP contribution is 2.00. The predicted octanol–water partition coefficient (Wildman–Crippen LogP) is 0.763. The van der Waals surface area contributed by atoms with Crippen molar-refractivity contribution in [2.45, 2.75) is 18.7 Å². The zero-order chi connectivity index (χ0) is 15.7. The zero-order valence-electron chi connectivity index (χ0n) is 11.7. The van der Waals surface area contributed by atoms with Gasteiger partial charge in [0.2, 0.25) is 5.43 Å². The number of nitrogens with two attached hydrogens (primary N) is 1. The van der Waals surface area contributed by atoms with Crippen LogP contribution in [0.5, 0.6) is 0 Å². The Balaban J connectivity index is 2.67. The topological polar surface area (TPSA) is 99.6 Å². The summed E-state index contributed by atoms with van der Waals surface area (Å²) in [4.78, 5) is 26.5. The molecule has 1 aromatic rings. The van der Waals surface area contributed by atoms with Crippen LogP contribution >= 0.6 is 11.6 Å². The van der Waals surface area contributed by atoms with Crippen LogP contribution in [0.3, 0.4) is 0 Å². The molecule has 0 aliphatic carbocycles. The van der Waals surface area contributed by atoms with Crippen LogP contribution in [-0.2, 0) is 15.4 Å². The van der Waals surface area contributed by atoms with Gasteiger partial charge in [0.05, 0.1) is 18.7 Å². The Morgan fingerprint density at radius 2 is 2.38 bits per heavy atom. The molecule has 0 bridgehead atoms. The monoisotopic (exact) mass is 312 g/mol. The average molecular weight is 313 g/mol. The fourth-order valence-corrected chi connectivity index (χ4v) is 1.62. The molecule has 2 N–H and O–H groups in total. The summed E-state index contributed by atoms with van der Waals surface area (Å²) in [6.07, 6.45) is 5.21. The van der Waals surface area contributed by atoms with E-state index >= 15 is 0 Å². The van der Waals surface area contributed by atoms with E-state index in [4.69, 9.17) is 17.3 Å². The largest absolute Gasteiger partial charge is 0.469 e. The smallest absolute Gasteiger partial charge is 0.305 e. The van der Waals surface area contributed by atoms with E-state index in [-0.39, 0.29) is 23.0 Å². The van der Waals surface area contributed by atoms with Crippen LogP contribution in [0.25, 0.3) is 5.70 Å². The second-order valence-electron chi connectivity index (χ2n) is 4.01. The van der Waals surface area contributed by atoms with E-state index in [1.807, 2.05) is 0 Å². The van der Waals surface area contributed by atoms with Crippen molar-refractivity contribution < 1.29 is 9.53 Å². The van der Waals surface area contributed by atoms with E-state index in [0.29, 0.717) is 25.1 Å². The van der Waals surface area contributed by atoms with Crippen LogP contribution in [0.15, 0.2) is 28.3 Å². The van der Waals surface area contributed by atoms with Crippen LogP contribution in [0.2, 0.25) is 0 Å². The number of carbonyl (C=O) groups excluding carboxylic acids is 1. The molecule has 1 heterocycles. The average Bonchev–Trinajstić information content (AvgIpc) is 2.51. The molecule has 0 spiro atoms. The van der Waals surface area contributed by atoms with Gasteiger partial charge in [-0.15, -0.1) is 11.6 Å². The van der Waals surface area contributed by atoms with E-state index in [1.54, 1.807) is 0 Å². The maximum Gasteiger partial charge on any atom is 0.305 e. The SMILES string of the molecule is COC(=O)CCCN=CC(=CN)n1ccc(=O)c(CCl)n1. The van der Waals surface area contributed by atoms with Gasteiger partial charge in [-0.25, -0.2) is 4.68 Å². The molecule has 0 fully saturated rings. The van der Waals surface area contributed by atoms with Crippen molar-refractivity contribution in [2.24, 2.45) is 10.7 Å². The van der Waals surface area contributed by atoms with Gasteiger partial charge in [0, 0.05) is 37.6 Å². The number of alkyl halides is 1. The maximum atomic E-state index is 11.4. The van der Waals surface area contributed by atoms with Crippen molar-refractivity contribution in [3.63, 3.8) is 0 Å². The summed E-state index contributed by atoms with van der Waals surface area (Å²) < 4.78 is 5.95. The molecule has 8 heteroatoms. The molecule has 0 saturated carbocycles. The molecule has 0 aliphatic rings. The minimum atomic E-state index is -0.270. The third-order valence-electron chi connectivity index (χ3n) is 2.56. The molecular formula is C13H17ClN4O3. The minimum Gasteiger partial charge on any atom is -0.469 e. The summed E-state index contributed by atoms with van der Waals surface area (Å²) in [7, 11) is 1.34. The summed E-state index contributed by atoms with van der Waals surface area (Å²) in [5, 5.41) is 4.06. The standard InChI is InChI=1S/C13H17ClN4O3/c1-21-13(20)3-2-5-16-9-10(8-15)18-6-4-12(19)11(7-14)17-18/h4,6,8-9H,2-3,5,7,15H2,1H3. The summed E-state index contributed by atoms with van der Waals surface area (Å²) >= 11 is 5.64. The van der Waals surface area contributed by atoms with Gasteiger partial charge in [0.1, 0.15) is 5.69 Å². The highest BCUT2D eigenvalue weighted by atomic mass is 35.5. The Labute approximate surface area is 127 Å². The van der Waals surface area contributed by atoms with E-state index in [1.165, 1.54) is 36.5 Å². The van der Waals surface area contributed by atoms with Crippen LogP contribution in [0.1, 0.15) is 18.5 Å². The van der Waals surface area contributed by atoms with Crippen LogP contribution < -0.4 is 11.2 Å². The quantitative estimate of drug-likeness (QED) is 0.347. The summed E-state index contributed by atoms with van der Waals surface area (Å²) in [5.74, 6) is -0.248. The fourth-order valence-electron chi connectivity index (χ4n) is 1.44. The van der Waals surface area contributed by atoms with Gasteiger partial charge < -0.3 is 10.5 Å². The number of ether oxygens (including phenoxy) is 1. The number of hydrogen-bond acceptors (Lipinski definition) is 6. The number of halogens is 1. The Morgan fingerprint density at radius 3 is 3.00 bits per heavy atom. The Bertz CT molecular complexity index is 595. The highest BCUT2D eigenvalue weighted by molar-refractivity contribution is 6.16. The molecule has 1 aromatic heterocycles. The first kappa shape index (κ1) is 16.9. The van der Waals surface area contributed by atoms with E-state index in [0.717, 1.165) is 0 Å². The maximum absolute atomic E-state index is 11.4. The second-order valence-corrected chi connectivity index (χ2v) is 4.28. The van der Waals surface area contributed by atoms with E-state index in [9.17, 15) is 9.59 Å². The summed E-state index contributed by atoms with van der Waals surface area (Å²) in [5.41, 5.74) is 6.02. The molecule has 0 amide bonds. The number of aromatic nitrogens is 2. The number of esters is 1. The number of hydrogen-bond donors (Lipinski definition) is 1. The van der Waals surface area contributed by atoms with Crippen molar-refractivity contribution >= 4 is 29.5 Å². The number of allylic oxidation sites excluding steroid dienone is 1. The zero-order valence-corrected chi connectivity index (χ0v) is 12.4. The summed E-state index contributed by atoms with van der Waals surface area (Å²) in [6, 6.07) is 1.36. The first-order valence-electron chi connectivity index (χ1n) is 6.26.